The van der Waals surface area contributed by atoms with Crippen LogP contribution in [0.25, 0.3) is 11.1 Å². The molecule has 0 atom stereocenters. The number of nitrogens with zero attached hydrogens (tertiary/aromatic N) is 2. The topological polar surface area (TPSA) is 80.5 Å². The molecule has 0 radical (unpaired) electrons. The zero-order chi connectivity index (χ0) is 16.4. The highest BCUT2D eigenvalue weighted by atomic mass is 35.5. The summed E-state index contributed by atoms with van der Waals surface area (Å²) in [6.07, 6.45) is 0.324. The normalized spacial score (nSPS) is 17.5. The summed E-state index contributed by atoms with van der Waals surface area (Å²) in [7, 11) is -2.97. The van der Waals surface area contributed by atoms with Gasteiger partial charge in [-0.05, 0) is 18.2 Å². The first-order valence-electron chi connectivity index (χ1n) is 7.10. The Balaban J connectivity index is 1.51. The van der Waals surface area contributed by atoms with Gasteiger partial charge in [-0.25, -0.2) is 13.4 Å². The summed E-state index contributed by atoms with van der Waals surface area (Å²) in [6, 6.07) is 5.22. The number of hydrogen-bond donors (Lipinski definition) is 0. The molecule has 1 fully saturated rings. The molecule has 0 N–H and O–H groups in total. The van der Waals surface area contributed by atoms with Gasteiger partial charge < -0.3 is 9.32 Å². The van der Waals surface area contributed by atoms with E-state index in [0.29, 0.717) is 33.5 Å². The number of halogens is 1. The largest absolute Gasteiger partial charge is 0.431 e. The van der Waals surface area contributed by atoms with Crippen LogP contribution in [0.3, 0.4) is 0 Å². The molecule has 124 valence electrons. The quantitative estimate of drug-likeness (QED) is 0.763. The Kier molecular flexibility index (Phi) is 4.84. The number of thioether (sulfide) groups is 1. The number of sulfone groups is 1. The molecule has 0 spiro atoms. The second kappa shape index (κ2) is 6.70. The smallest absolute Gasteiger partial charge is 0.256 e. The summed E-state index contributed by atoms with van der Waals surface area (Å²) in [5.41, 5.74) is 1.34. The predicted octanol–water partition coefficient (Wildman–Crippen LogP) is 2.22. The molecular weight excluding hydrogens is 360 g/mol. The number of carbonyl (C=O) groups is 1. The van der Waals surface area contributed by atoms with Crippen LogP contribution in [0.15, 0.2) is 27.8 Å². The predicted molar refractivity (Wildman–Crippen MR) is 89.6 cm³/mol. The standard InChI is InChI=1S/C14H15ClN2O4S2/c15-10-1-2-12-11(9-10)16-14(21-12)22-6-3-13(18)17-4-7-23(19,20)8-5-17/h1-2,9H,3-8H2. The van der Waals surface area contributed by atoms with Crippen molar-refractivity contribution in [3.05, 3.63) is 23.2 Å². The molecule has 1 aromatic carbocycles. The van der Waals surface area contributed by atoms with Crippen LogP contribution in [0.5, 0.6) is 0 Å². The van der Waals surface area contributed by atoms with Gasteiger partial charge in [-0.1, -0.05) is 23.4 Å². The monoisotopic (exact) mass is 374 g/mol. The minimum absolute atomic E-state index is 0.0356. The first kappa shape index (κ1) is 16.6. The van der Waals surface area contributed by atoms with Gasteiger partial charge in [0.25, 0.3) is 5.22 Å². The van der Waals surface area contributed by atoms with Crippen molar-refractivity contribution >= 4 is 50.2 Å². The van der Waals surface area contributed by atoms with Gasteiger partial charge >= 0.3 is 0 Å². The molecule has 0 saturated carbocycles. The minimum Gasteiger partial charge on any atom is -0.431 e. The maximum Gasteiger partial charge on any atom is 0.256 e. The third-order valence-electron chi connectivity index (χ3n) is 3.57. The van der Waals surface area contributed by atoms with Crippen LogP contribution < -0.4 is 0 Å². The number of hydrogen-bond acceptors (Lipinski definition) is 6. The fourth-order valence-corrected chi connectivity index (χ4v) is 4.42. The number of benzene rings is 1. The SMILES string of the molecule is O=C(CCSc1nc2cc(Cl)ccc2o1)N1CCS(=O)(=O)CC1. The van der Waals surface area contributed by atoms with Crippen molar-refractivity contribution in [2.24, 2.45) is 0 Å². The van der Waals surface area contributed by atoms with E-state index in [1.54, 1.807) is 23.1 Å². The number of amides is 1. The van der Waals surface area contributed by atoms with Gasteiger partial charge in [0.1, 0.15) is 5.52 Å². The number of aromatic nitrogens is 1. The van der Waals surface area contributed by atoms with Crippen molar-refractivity contribution in [1.82, 2.24) is 9.88 Å². The summed E-state index contributed by atoms with van der Waals surface area (Å²) in [5.74, 6) is 0.601. The molecule has 0 bridgehead atoms. The molecule has 2 aromatic rings. The van der Waals surface area contributed by atoms with Crippen LogP contribution in [-0.2, 0) is 14.6 Å². The Bertz CT molecular complexity index is 820. The summed E-state index contributed by atoms with van der Waals surface area (Å²) in [6.45, 7) is 0.570. The van der Waals surface area contributed by atoms with Gasteiger partial charge in [0, 0.05) is 30.3 Å². The van der Waals surface area contributed by atoms with Crippen molar-refractivity contribution in [2.75, 3.05) is 30.3 Å². The maximum atomic E-state index is 12.1. The van der Waals surface area contributed by atoms with Gasteiger partial charge in [0.2, 0.25) is 5.91 Å². The second-order valence-corrected chi connectivity index (χ2v) is 9.01. The Labute approximate surface area is 143 Å². The van der Waals surface area contributed by atoms with E-state index in [2.05, 4.69) is 4.98 Å². The van der Waals surface area contributed by atoms with E-state index < -0.39 is 9.84 Å². The molecule has 6 nitrogen and oxygen atoms in total. The summed E-state index contributed by atoms with van der Waals surface area (Å²) >= 11 is 7.26. The molecule has 1 aromatic heterocycles. The summed E-state index contributed by atoms with van der Waals surface area (Å²) in [4.78, 5) is 18.0. The molecule has 23 heavy (non-hydrogen) atoms. The van der Waals surface area contributed by atoms with E-state index in [-0.39, 0.29) is 30.5 Å². The van der Waals surface area contributed by atoms with Gasteiger partial charge in [0.05, 0.1) is 11.5 Å². The van der Waals surface area contributed by atoms with Crippen molar-refractivity contribution in [2.45, 2.75) is 11.6 Å². The first-order valence-corrected chi connectivity index (χ1v) is 10.3. The average molecular weight is 375 g/mol. The molecule has 2 heterocycles. The van der Waals surface area contributed by atoms with Crippen LogP contribution in [-0.4, -0.2) is 54.6 Å². The van der Waals surface area contributed by atoms with E-state index in [1.807, 2.05) is 0 Å². The van der Waals surface area contributed by atoms with E-state index in [4.69, 9.17) is 16.0 Å². The molecule has 1 saturated heterocycles. The lowest BCUT2D eigenvalue weighted by Crippen LogP contribution is -2.43. The average Bonchev–Trinajstić information content (AvgIpc) is 2.88. The fraction of sp³-hybridized carbons (Fsp3) is 0.429. The lowest BCUT2D eigenvalue weighted by molar-refractivity contribution is -0.130. The highest BCUT2D eigenvalue weighted by molar-refractivity contribution is 7.99. The van der Waals surface area contributed by atoms with Gasteiger partial charge in [-0.2, -0.15) is 0 Å². The molecule has 3 rings (SSSR count). The highest BCUT2D eigenvalue weighted by Gasteiger charge is 2.24. The zero-order valence-corrected chi connectivity index (χ0v) is 14.6. The van der Waals surface area contributed by atoms with Crippen LogP contribution >= 0.6 is 23.4 Å². The Hall–Kier alpha value is -1.25. The van der Waals surface area contributed by atoms with Crippen LogP contribution in [0.2, 0.25) is 5.02 Å². The van der Waals surface area contributed by atoms with Crippen molar-refractivity contribution in [3.8, 4) is 0 Å². The van der Waals surface area contributed by atoms with Crippen LogP contribution in [0.1, 0.15) is 6.42 Å². The summed E-state index contributed by atoms with van der Waals surface area (Å²) < 4.78 is 28.3. The van der Waals surface area contributed by atoms with Gasteiger partial charge in [-0.3, -0.25) is 4.79 Å². The summed E-state index contributed by atoms with van der Waals surface area (Å²) in [5, 5.41) is 1.09. The van der Waals surface area contributed by atoms with Crippen molar-refractivity contribution in [1.29, 1.82) is 0 Å². The third kappa shape index (κ3) is 4.19. The molecule has 0 unspecified atom stereocenters. The lowest BCUT2D eigenvalue weighted by atomic mass is 10.3. The second-order valence-electron chi connectivity index (χ2n) is 5.22. The third-order valence-corrected chi connectivity index (χ3v) is 6.24. The highest BCUT2D eigenvalue weighted by Crippen LogP contribution is 2.26. The van der Waals surface area contributed by atoms with E-state index in [9.17, 15) is 13.2 Å². The Morgan fingerprint density at radius 1 is 1.35 bits per heavy atom. The van der Waals surface area contributed by atoms with Gasteiger partial charge in [-0.15, -0.1) is 0 Å². The molecule has 0 aliphatic carbocycles. The maximum absolute atomic E-state index is 12.1. The van der Waals surface area contributed by atoms with E-state index >= 15 is 0 Å². The van der Waals surface area contributed by atoms with Crippen LogP contribution in [0.4, 0.5) is 0 Å². The lowest BCUT2D eigenvalue weighted by Gasteiger charge is -2.26. The van der Waals surface area contributed by atoms with Crippen LogP contribution in [0, 0.1) is 0 Å². The van der Waals surface area contributed by atoms with Crippen molar-refractivity contribution in [3.63, 3.8) is 0 Å². The Morgan fingerprint density at radius 3 is 2.83 bits per heavy atom. The molecule has 1 aliphatic heterocycles. The van der Waals surface area contributed by atoms with E-state index in [1.165, 1.54) is 11.8 Å². The van der Waals surface area contributed by atoms with Crippen molar-refractivity contribution < 1.29 is 17.6 Å². The van der Waals surface area contributed by atoms with E-state index in [0.717, 1.165) is 0 Å². The first-order chi connectivity index (χ1) is 10.9. The molecule has 9 heteroatoms. The number of carbonyl (C=O) groups excluding carboxylic acids is 1. The minimum atomic E-state index is -2.97. The Morgan fingerprint density at radius 2 is 2.09 bits per heavy atom. The molecule has 1 amide bonds. The zero-order valence-electron chi connectivity index (χ0n) is 12.2. The fourth-order valence-electron chi connectivity index (χ4n) is 2.29. The van der Waals surface area contributed by atoms with Gasteiger partial charge in [0.15, 0.2) is 15.4 Å². The molecule has 1 aliphatic rings. The number of fused-ring (bicyclic) bond motifs is 1. The number of rotatable bonds is 4. The number of oxazole rings is 1. The molecular formula is C14H15ClN2O4S2.